The summed E-state index contributed by atoms with van der Waals surface area (Å²) in [6, 6.07) is 4.98. The number of fused-ring (bicyclic) bond motifs is 1. The normalized spacial score (nSPS) is 17.8. The van der Waals surface area contributed by atoms with Crippen molar-refractivity contribution >= 4 is 23.4 Å². The summed E-state index contributed by atoms with van der Waals surface area (Å²) in [5.41, 5.74) is 6.25. The molecular formula is C13H13N3O3. The van der Waals surface area contributed by atoms with Gasteiger partial charge in [0, 0.05) is 11.7 Å². The number of anilines is 1. The topological polar surface area (TPSA) is 92.5 Å². The number of carbonyl (C=O) groups is 3. The van der Waals surface area contributed by atoms with Gasteiger partial charge in [-0.2, -0.15) is 0 Å². The van der Waals surface area contributed by atoms with E-state index in [1.807, 2.05) is 0 Å². The van der Waals surface area contributed by atoms with Crippen molar-refractivity contribution < 1.29 is 14.4 Å². The zero-order valence-electron chi connectivity index (χ0n) is 10.2. The van der Waals surface area contributed by atoms with Crippen molar-refractivity contribution in [3.8, 4) is 0 Å². The molecule has 0 aromatic heterocycles. The summed E-state index contributed by atoms with van der Waals surface area (Å²) >= 11 is 0. The van der Waals surface area contributed by atoms with E-state index in [-0.39, 0.29) is 23.4 Å². The summed E-state index contributed by atoms with van der Waals surface area (Å²) < 4.78 is 0. The first-order valence-electron chi connectivity index (χ1n) is 6.13. The van der Waals surface area contributed by atoms with Crippen molar-refractivity contribution in [3.05, 3.63) is 29.3 Å². The van der Waals surface area contributed by atoms with Gasteiger partial charge in [-0.1, -0.05) is 6.07 Å². The van der Waals surface area contributed by atoms with E-state index in [1.165, 1.54) is 6.07 Å². The van der Waals surface area contributed by atoms with Gasteiger partial charge in [0.05, 0.1) is 17.7 Å². The highest BCUT2D eigenvalue weighted by Crippen LogP contribution is 2.27. The van der Waals surface area contributed by atoms with E-state index in [2.05, 4.69) is 5.32 Å². The van der Waals surface area contributed by atoms with Crippen LogP contribution in [0.5, 0.6) is 0 Å². The second kappa shape index (κ2) is 4.17. The van der Waals surface area contributed by atoms with Crippen LogP contribution in [-0.4, -0.2) is 35.2 Å². The van der Waals surface area contributed by atoms with Crippen LogP contribution in [0, 0.1) is 0 Å². The van der Waals surface area contributed by atoms with Crippen LogP contribution >= 0.6 is 0 Å². The zero-order valence-corrected chi connectivity index (χ0v) is 10.2. The van der Waals surface area contributed by atoms with E-state index in [9.17, 15) is 14.4 Å². The van der Waals surface area contributed by atoms with E-state index in [0.717, 1.165) is 12.8 Å². The number of benzene rings is 1. The number of nitrogens with one attached hydrogen (secondary N) is 1. The van der Waals surface area contributed by atoms with E-state index in [1.54, 1.807) is 12.1 Å². The molecule has 1 aromatic rings. The summed E-state index contributed by atoms with van der Waals surface area (Å²) in [7, 11) is 0. The van der Waals surface area contributed by atoms with Crippen molar-refractivity contribution in [1.29, 1.82) is 0 Å². The second-order valence-corrected chi connectivity index (χ2v) is 4.76. The number of hydrogen-bond acceptors (Lipinski definition) is 5. The fourth-order valence-corrected chi connectivity index (χ4v) is 2.14. The predicted octanol–water partition coefficient (Wildman–Crippen LogP) is 0.143. The van der Waals surface area contributed by atoms with E-state index in [4.69, 9.17) is 5.73 Å². The molecule has 0 saturated heterocycles. The Morgan fingerprint density at radius 1 is 1.32 bits per heavy atom. The minimum absolute atomic E-state index is 0.00393. The van der Waals surface area contributed by atoms with E-state index in [0.29, 0.717) is 10.9 Å². The maximum atomic E-state index is 12.1. The SMILES string of the molecule is Nc1cccc2c1C(=O)N(C(=O)CNC1CC1)C2=O. The standard InChI is InChI=1S/C13H13N3O3/c14-9-3-1-2-8-11(9)13(19)16(12(8)18)10(17)6-15-7-4-5-7/h1-3,7,15H,4-6,14H2. The molecule has 1 aliphatic carbocycles. The van der Waals surface area contributed by atoms with Gasteiger partial charge in [0.25, 0.3) is 17.7 Å². The number of nitrogens with zero attached hydrogens (tertiary/aromatic N) is 1. The molecule has 2 aliphatic rings. The van der Waals surface area contributed by atoms with E-state index >= 15 is 0 Å². The van der Waals surface area contributed by atoms with Crippen molar-refractivity contribution in [3.63, 3.8) is 0 Å². The first-order chi connectivity index (χ1) is 9.09. The molecule has 1 aliphatic heterocycles. The Morgan fingerprint density at radius 2 is 2.05 bits per heavy atom. The van der Waals surface area contributed by atoms with Gasteiger partial charge in [-0.15, -0.1) is 0 Å². The highest BCUT2D eigenvalue weighted by atomic mass is 16.2. The highest BCUT2D eigenvalue weighted by molar-refractivity contribution is 6.30. The third kappa shape index (κ3) is 1.90. The van der Waals surface area contributed by atoms with Gasteiger partial charge in [0.2, 0.25) is 0 Å². The first-order valence-corrected chi connectivity index (χ1v) is 6.13. The second-order valence-electron chi connectivity index (χ2n) is 4.76. The van der Waals surface area contributed by atoms with Crippen molar-refractivity contribution in [2.24, 2.45) is 0 Å². The van der Waals surface area contributed by atoms with Gasteiger partial charge in [-0.3, -0.25) is 14.4 Å². The number of nitrogens with two attached hydrogens (primary N) is 1. The average molecular weight is 259 g/mol. The highest BCUT2D eigenvalue weighted by Gasteiger charge is 2.41. The van der Waals surface area contributed by atoms with Crippen LogP contribution in [0.1, 0.15) is 33.6 Å². The molecule has 1 heterocycles. The van der Waals surface area contributed by atoms with Crippen LogP contribution in [0.4, 0.5) is 5.69 Å². The minimum atomic E-state index is -0.624. The molecule has 0 spiro atoms. The largest absolute Gasteiger partial charge is 0.398 e. The molecule has 19 heavy (non-hydrogen) atoms. The van der Waals surface area contributed by atoms with Crippen LogP contribution in [0.15, 0.2) is 18.2 Å². The molecule has 6 heteroatoms. The maximum absolute atomic E-state index is 12.1. The third-order valence-corrected chi connectivity index (χ3v) is 3.32. The van der Waals surface area contributed by atoms with Crippen LogP contribution < -0.4 is 11.1 Å². The van der Waals surface area contributed by atoms with Crippen LogP contribution in [0.3, 0.4) is 0 Å². The third-order valence-electron chi connectivity index (χ3n) is 3.32. The number of carbonyl (C=O) groups excluding carboxylic acids is 3. The molecule has 1 aromatic carbocycles. The Morgan fingerprint density at radius 3 is 2.68 bits per heavy atom. The fourth-order valence-electron chi connectivity index (χ4n) is 2.14. The summed E-state index contributed by atoms with van der Waals surface area (Å²) in [5, 5.41) is 2.99. The summed E-state index contributed by atoms with van der Waals surface area (Å²) in [6.07, 6.45) is 2.06. The van der Waals surface area contributed by atoms with Gasteiger partial charge in [-0.25, -0.2) is 4.90 Å². The molecule has 3 N–H and O–H groups in total. The first kappa shape index (κ1) is 11.9. The van der Waals surface area contributed by atoms with Crippen LogP contribution in [-0.2, 0) is 4.79 Å². The van der Waals surface area contributed by atoms with Gasteiger partial charge >= 0.3 is 0 Å². The average Bonchev–Trinajstić information content (AvgIpc) is 3.16. The van der Waals surface area contributed by atoms with Gasteiger partial charge in [-0.05, 0) is 25.0 Å². The monoisotopic (exact) mass is 259 g/mol. The molecule has 98 valence electrons. The van der Waals surface area contributed by atoms with Gasteiger partial charge in [0.1, 0.15) is 0 Å². The Bertz CT molecular complexity index is 593. The molecule has 0 atom stereocenters. The molecular weight excluding hydrogens is 246 g/mol. The number of hydrogen-bond donors (Lipinski definition) is 2. The van der Waals surface area contributed by atoms with Crippen molar-refractivity contribution in [2.75, 3.05) is 12.3 Å². The summed E-state index contributed by atoms with van der Waals surface area (Å²) in [5.74, 6) is -1.74. The molecule has 3 amide bonds. The predicted molar refractivity (Wildman–Crippen MR) is 67.4 cm³/mol. The molecule has 1 saturated carbocycles. The number of amides is 3. The lowest BCUT2D eigenvalue weighted by Gasteiger charge is -2.12. The number of rotatable bonds is 3. The smallest absolute Gasteiger partial charge is 0.270 e. The van der Waals surface area contributed by atoms with Crippen molar-refractivity contribution in [1.82, 2.24) is 10.2 Å². The lowest BCUT2D eigenvalue weighted by atomic mass is 10.1. The van der Waals surface area contributed by atoms with Gasteiger partial charge in [0.15, 0.2) is 0 Å². The zero-order chi connectivity index (χ0) is 13.6. The lowest BCUT2D eigenvalue weighted by molar-refractivity contribution is -0.125. The van der Waals surface area contributed by atoms with Crippen LogP contribution in [0.2, 0.25) is 0 Å². The number of imide groups is 3. The molecule has 3 rings (SSSR count). The van der Waals surface area contributed by atoms with Crippen molar-refractivity contribution in [2.45, 2.75) is 18.9 Å². The maximum Gasteiger partial charge on any atom is 0.270 e. The Labute approximate surface area is 109 Å². The van der Waals surface area contributed by atoms with Crippen LogP contribution in [0.25, 0.3) is 0 Å². The van der Waals surface area contributed by atoms with Gasteiger partial charge < -0.3 is 11.1 Å². The lowest BCUT2D eigenvalue weighted by Crippen LogP contribution is -2.42. The Balaban J connectivity index is 1.85. The number of nitrogen functional groups attached to an aromatic ring is 1. The molecule has 0 unspecified atom stereocenters. The minimum Gasteiger partial charge on any atom is -0.398 e. The summed E-state index contributed by atoms with van der Waals surface area (Å²) in [4.78, 5) is 36.8. The summed E-state index contributed by atoms with van der Waals surface area (Å²) in [6.45, 7) is -0.00393. The van der Waals surface area contributed by atoms with E-state index < -0.39 is 17.7 Å². The fraction of sp³-hybridized carbons (Fsp3) is 0.308. The Kier molecular flexibility index (Phi) is 2.60. The molecule has 1 fully saturated rings. The Hall–Kier alpha value is -2.21. The molecule has 0 bridgehead atoms. The quantitative estimate of drug-likeness (QED) is 0.595. The molecule has 0 radical (unpaired) electrons. The molecule has 6 nitrogen and oxygen atoms in total.